The first kappa shape index (κ1) is 15.1. The van der Waals surface area contributed by atoms with Gasteiger partial charge in [-0.15, -0.1) is 0 Å². The Labute approximate surface area is 126 Å². The van der Waals surface area contributed by atoms with Crippen LogP contribution in [0.5, 0.6) is 0 Å². The van der Waals surface area contributed by atoms with Crippen molar-refractivity contribution < 1.29 is 4.79 Å². The van der Waals surface area contributed by atoms with E-state index < -0.39 is 0 Å². The highest BCUT2D eigenvalue weighted by molar-refractivity contribution is 5.95. The van der Waals surface area contributed by atoms with Crippen LogP contribution in [0.4, 0.5) is 5.69 Å². The molecule has 0 saturated carbocycles. The van der Waals surface area contributed by atoms with E-state index >= 15 is 0 Å². The topological polar surface area (TPSA) is 55.1 Å². The molecule has 0 aromatic heterocycles. The minimum atomic E-state index is -0.109. The number of anilines is 1. The van der Waals surface area contributed by atoms with Crippen LogP contribution in [0.25, 0.3) is 0 Å². The highest BCUT2D eigenvalue weighted by Crippen LogP contribution is 2.19. The SMILES string of the molecule is CC(C)c1ccc(C(C)NC(=O)c2cccc(N)c2)cc1. The molecule has 0 bridgehead atoms. The third kappa shape index (κ3) is 3.85. The predicted molar refractivity (Wildman–Crippen MR) is 87.3 cm³/mol. The van der Waals surface area contributed by atoms with Gasteiger partial charge in [0.25, 0.3) is 5.91 Å². The fourth-order valence-electron chi connectivity index (χ4n) is 2.21. The number of hydrogen-bond acceptors (Lipinski definition) is 2. The van der Waals surface area contributed by atoms with E-state index in [0.717, 1.165) is 5.56 Å². The molecule has 1 unspecified atom stereocenters. The highest BCUT2D eigenvalue weighted by Gasteiger charge is 2.11. The Hall–Kier alpha value is -2.29. The molecule has 0 fully saturated rings. The molecule has 0 saturated heterocycles. The number of nitrogen functional groups attached to an aromatic ring is 1. The summed E-state index contributed by atoms with van der Waals surface area (Å²) < 4.78 is 0. The second kappa shape index (κ2) is 6.44. The van der Waals surface area contributed by atoms with Crippen molar-refractivity contribution >= 4 is 11.6 Å². The Kier molecular flexibility index (Phi) is 4.63. The van der Waals surface area contributed by atoms with Crippen molar-refractivity contribution in [1.82, 2.24) is 5.32 Å². The molecule has 0 aliphatic heterocycles. The Bertz CT molecular complexity index is 617. The zero-order chi connectivity index (χ0) is 15.4. The molecule has 1 amide bonds. The Morgan fingerprint density at radius 1 is 1.00 bits per heavy atom. The minimum Gasteiger partial charge on any atom is -0.399 e. The Balaban J connectivity index is 2.07. The lowest BCUT2D eigenvalue weighted by Crippen LogP contribution is -2.26. The van der Waals surface area contributed by atoms with Crippen molar-refractivity contribution in [3.05, 3.63) is 65.2 Å². The molecular weight excluding hydrogens is 260 g/mol. The summed E-state index contributed by atoms with van der Waals surface area (Å²) in [6, 6.07) is 15.3. The number of nitrogens with one attached hydrogen (secondary N) is 1. The summed E-state index contributed by atoms with van der Waals surface area (Å²) in [5, 5.41) is 2.99. The molecule has 3 heteroatoms. The minimum absolute atomic E-state index is 0.0415. The third-order valence-electron chi connectivity index (χ3n) is 3.60. The maximum Gasteiger partial charge on any atom is 0.251 e. The van der Waals surface area contributed by atoms with E-state index in [-0.39, 0.29) is 11.9 Å². The van der Waals surface area contributed by atoms with E-state index in [4.69, 9.17) is 5.73 Å². The average molecular weight is 282 g/mol. The van der Waals surface area contributed by atoms with Gasteiger partial charge in [0.1, 0.15) is 0 Å². The van der Waals surface area contributed by atoms with Crippen molar-refractivity contribution in [3.63, 3.8) is 0 Å². The van der Waals surface area contributed by atoms with Gasteiger partial charge in [-0.3, -0.25) is 4.79 Å². The number of benzene rings is 2. The zero-order valence-corrected chi connectivity index (χ0v) is 12.8. The molecule has 0 radical (unpaired) electrons. The number of rotatable bonds is 4. The van der Waals surface area contributed by atoms with Crippen LogP contribution in [0.15, 0.2) is 48.5 Å². The van der Waals surface area contributed by atoms with E-state index in [1.165, 1.54) is 5.56 Å². The van der Waals surface area contributed by atoms with E-state index in [9.17, 15) is 4.79 Å². The fourth-order valence-corrected chi connectivity index (χ4v) is 2.21. The summed E-state index contributed by atoms with van der Waals surface area (Å²) in [5.74, 6) is 0.402. The largest absolute Gasteiger partial charge is 0.399 e. The highest BCUT2D eigenvalue weighted by atomic mass is 16.1. The predicted octanol–water partition coefficient (Wildman–Crippen LogP) is 3.88. The molecule has 0 aliphatic rings. The van der Waals surface area contributed by atoms with E-state index in [1.807, 2.05) is 6.92 Å². The van der Waals surface area contributed by atoms with Gasteiger partial charge in [0.2, 0.25) is 0 Å². The van der Waals surface area contributed by atoms with E-state index in [1.54, 1.807) is 24.3 Å². The van der Waals surface area contributed by atoms with Crippen molar-refractivity contribution in [2.24, 2.45) is 0 Å². The van der Waals surface area contributed by atoms with Gasteiger partial charge >= 0.3 is 0 Å². The van der Waals surface area contributed by atoms with Crippen molar-refractivity contribution in [3.8, 4) is 0 Å². The van der Waals surface area contributed by atoms with Gasteiger partial charge in [0.15, 0.2) is 0 Å². The zero-order valence-electron chi connectivity index (χ0n) is 12.8. The smallest absolute Gasteiger partial charge is 0.251 e. The molecule has 21 heavy (non-hydrogen) atoms. The summed E-state index contributed by atoms with van der Waals surface area (Å²) in [6.45, 7) is 6.31. The number of hydrogen-bond donors (Lipinski definition) is 2. The first-order valence-corrected chi connectivity index (χ1v) is 7.23. The molecule has 0 spiro atoms. The van der Waals surface area contributed by atoms with Crippen molar-refractivity contribution in [2.75, 3.05) is 5.73 Å². The van der Waals surface area contributed by atoms with Gasteiger partial charge in [-0.25, -0.2) is 0 Å². The summed E-state index contributed by atoms with van der Waals surface area (Å²) in [6.07, 6.45) is 0. The van der Waals surface area contributed by atoms with Crippen LogP contribution in [0.3, 0.4) is 0 Å². The number of nitrogens with two attached hydrogens (primary N) is 1. The van der Waals surface area contributed by atoms with Crippen LogP contribution in [0.2, 0.25) is 0 Å². The monoisotopic (exact) mass is 282 g/mol. The first-order chi connectivity index (χ1) is 9.97. The molecule has 1 atom stereocenters. The van der Waals surface area contributed by atoms with E-state index in [0.29, 0.717) is 17.2 Å². The van der Waals surface area contributed by atoms with Crippen LogP contribution < -0.4 is 11.1 Å². The molecule has 2 aromatic carbocycles. The third-order valence-corrected chi connectivity index (χ3v) is 3.60. The summed E-state index contributed by atoms with van der Waals surface area (Å²) in [5.41, 5.74) is 9.27. The molecule has 3 N–H and O–H groups in total. The Morgan fingerprint density at radius 2 is 1.62 bits per heavy atom. The lowest BCUT2D eigenvalue weighted by molar-refractivity contribution is 0.0940. The maximum absolute atomic E-state index is 12.2. The number of carbonyl (C=O) groups excluding carboxylic acids is 1. The lowest BCUT2D eigenvalue weighted by atomic mass is 9.99. The molecule has 0 aliphatic carbocycles. The van der Waals surface area contributed by atoms with Gasteiger partial charge in [-0.2, -0.15) is 0 Å². The summed E-state index contributed by atoms with van der Waals surface area (Å²) >= 11 is 0. The van der Waals surface area contributed by atoms with Crippen molar-refractivity contribution in [2.45, 2.75) is 32.7 Å². The second-order valence-corrected chi connectivity index (χ2v) is 5.64. The standard InChI is InChI=1S/C18H22N2O/c1-12(2)14-7-9-15(10-8-14)13(3)20-18(21)16-5-4-6-17(19)11-16/h4-13H,19H2,1-3H3,(H,20,21). The lowest BCUT2D eigenvalue weighted by Gasteiger charge is -2.15. The molecular formula is C18H22N2O. The Morgan fingerprint density at radius 3 is 2.19 bits per heavy atom. The average Bonchev–Trinajstić information content (AvgIpc) is 2.47. The van der Waals surface area contributed by atoms with Gasteiger partial charge in [0.05, 0.1) is 6.04 Å². The maximum atomic E-state index is 12.2. The van der Waals surface area contributed by atoms with Crippen LogP contribution >= 0.6 is 0 Å². The molecule has 110 valence electrons. The first-order valence-electron chi connectivity index (χ1n) is 7.23. The van der Waals surface area contributed by atoms with Crippen LogP contribution in [-0.2, 0) is 0 Å². The van der Waals surface area contributed by atoms with E-state index in [2.05, 4.69) is 43.4 Å². The summed E-state index contributed by atoms with van der Waals surface area (Å²) in [7, 11) is 0. The molecule has 2 aromatic rings. The molecule has 0 heterocycles. The molecule has 2 rings (SSSR count). The van der Waals surface area contributed by atoms with Gasteiger partial charge < -0.3 is 11.1 Å². The van der Waals surface area contributed by atoms with Gasteiger partial charge in [-0.05, 0) is 42.2 Å². The van der Waals surface area contributed by atoms with Crippen molar-refractivity contribution in [1.29, 1.82) is 0 Å². The molecule has 3 nitrogen and oxygen atoms in total. The summed E-state index contributed by atoms with van der Waals surface area (Å²) in [4.78, 5) is 12.2. The fraction of sp³-hybridized carbons (Fsp3) is 0.278. The van der Waals surface area contributed by atoms with Crippen LogP contribution in [-0.4, -0.2) is 5.91 Å². The number of carbonyl (C=O) groups is 1. The quantitative estimate of drug-likeness (QED) is 0.836. The normalized spacial score (nSPS) is 12.2. The van der Waals surface area contributed by atoms with Gasteiger partial charge in [-0.1, -0.05) is 44.2 Å². The number of amides is 1. The van der Waals surface area contributed by atoms with Gasteiger partial charge in [0, 0.05) is 11.3 Å². The van der Waals surface area contributed by atoms with Crippen LogP contribution in [0.1, 0.15) is 54.2 Å². The van der Waals surface area contributed by atoms with Crippen LogP contribution in [0, 0.1) is 0 Å². The second-order valence-electron chi connectivity index (χ2n) is 5.64.